The molecule has 0 aliphatic rings. The van der Waals surface area contributed by atoms with Gasteiger partial charge in [-0.1, -0.05) is 18.2 Å². The van der Waals surface area contributed by atoms with Crippen LogP contribution in [0.1, 0.15) is 38.8 Å². The molecule has 2 rings (SSSR count). The van der Waals surface area contributed by atoms with Gasteiger partial charge in [0.25, 0.3) is 11.8 Å². The van der Waals surface area contributed by atoms with Crippen LogP contribution >= 0.6 is 0 Å². The molecule has 0 unspecified atom stereocenters. The second-order valence-electron chi connectivity index (χ2n) is 6.01. The van der Waals surface area contributed by atoms with Crippen molar-refractivity contribution in [3.05, 3.63) is 64.7 Å². The van der Waals surface area contributed by atoms with Gasteiger partial charge in [-0.05, 0) is 43.7 Å². The van der Waals surface area contributed by atoms with Crippen molar-refractivity contribution in [3.8, 4) is 5.75 Å². The SMILES string of the molecule is CCOc1cc(C)ccc1CNC(=O)c1cccc(C(=O)N(C)C)c1. The second kappa shape index (κ2) is 8.33. The first-order valence-electron chi connectivity index (χ1n) is 8.24. The molecular formula is C20H24N2O3. The minimum Gasteiger partial charge on any atom is -0.494 e. The molecule has 0 saturated carbocycles. The van der Waals surface area contributed by atoms with Gasteiger partial charge in [0, 0.05) is 37.3 Å². The van der Waals surface area contributed by atoms with Crippen LogP contribution in [0.25, 0.3) is 0 Å². The molecule has 2 aromatic carbocycles. The van der Waals surface area contributed by atoms with Crippen LogP contribution in [0.5, 0.6) is 5.75 Å². The Bertz CT molecular complexity index is 769. The minimum absolute atomic E-state index is 0.133. The van der Waals surface area contributed by atoms with E-state index in [9.17, 15) is 9.59 Å². The van der Waals surface area contributed by atoms with E-state index in [1.54, 1.807) is 38.4 Å². The Morgan fingerprint density at radius 2 is 1.80 bits per heavy atom. The van der Waals surface area contributed by atoms with Crippen molar-refractivity contribution in [1.29, 1.82) is 0 Å². The van der Waals surface area contributed by atoms with Gasteiger partial charge >= 0.3 is 0 Å². The number of carbonyl (C=O) groups is 2. The summed E-state index contributed by atoms with van der Waals surface area (Å²) in [5, 5.41) is 2.89. The molecule has 25 heavy (non-hydrogen) atoms. The van der Waals surface area contributed by atoms with Gasteiger partial charge in [0.15, 0.2) is 0 Å². The van der Waals surface area contributed by atoms with E-state index in [0.29, 0.717) is 24.3 Å². The molecule has 132 valence electrons. The van der Waals surface area contributed by atoms with E-state index < -0.39 is 0 Å². The number of benzene rings is 2. The summed E-state index contributed by atoms with van der Waals surface area (Å²) >= 11 is 0. The molecule has 0 fully saturated rings. The fraction of sp³-hybridized carbons (Fsp3) is 0.300. The largest absolute Gasteiger partial charge is 0.494 e. The lowest BCUT2D eigenvalue weighted by Gasteiger charge is -2.13. The zero-order chi connectivity index (χ0) is 18.4. The third-order valence-electron chi connectivity index (χ3n) is 3.74. The number of nitrogens with one attached hydrogen (secondary N) is 1. The quantitative estimate of drug-likeness (QED) is 0.879. The summed E-state index contributed by atoms with van der Waals surface area (Å²) in [6, 6.07) is 12.6. The zero-order valence-electron chi connectivity index (χ0n) is 15.1. The van der Waals surface area contributed by atoms with E-state index in [-0.39, 0.29) is 11.8 Å². The molecule has 0 saturated heterocycles. The first kappa shape index (κ1) is 18.5. The van der Waals surface area contributed by atoms with Gasteiger partial charge < -0.3 is 15.0 Å². The standard InChI is InChI=1S/C20H24N2O3/c1-5-25-18-11-14(2)9-10-17(18)13-21-19(23)15-7-6-8-16(12-15)20(24)22(3)4/h6-12H,5,13H2,1-4H3,(H,21,23). The molecule has 0 aliphatic heterocycles. The van der Waals surface area contributed by atoms with E-state index in [1.165, 1.54) is 4.90 Å². The highest BCUT2D eigenvalue weighted by molar-refractivity contribution is 5.99. The number of hydrogen-bond acceptors (Lipinski definition) is 3. The van der Waals surface area contributed by atoms with E-state index in [0.717, 1.165) is 16.9 Å². The number of aryl methyl sites for hydroxylation is 1. The molecule has 0 spiro atoms. The van der Waals surface area contributed by atoms with Crippen LogP contribution in [0.15, 0.2) is 42.5 Å². The molecule has 0 radical (unpaired) electrons. The zero-order valence-corrected chi connectivity index (χ0v) is 15.1. The summed E-state index contributed by atoms with van der Waals surface area (Å²) in [5.41, 5.74) is 2.97. The van der Waals surface area contributed by atoms with Gasteiger partial charge in [-0.25, -0.2) is 0 Å². The number of carbonyl (C=O) groups excluding carboxylic acids is 2. The molecule has 0 aromatic heterocycles. The maximum absolute atomic E-state index is 12.4. The van der Waals surface area contributed by atoms with Gasteiger partial charge in [0.2, 0.25) is 0 Å². The Labute approximate surface area is 148 Å². The van der Waals surface area contributed by atoms with Crippen LogP contribution in [0.2, 0.25) is 0 Å². The Morgan fingerprint density at radius 3 is 2.48 bits per heavy atom. The number of amides is 2. The predicted octanol–water partition coefficient (Wildman–Crippen LogP) is 3.03. The maximum atomic E-state index is 12.4. The average Bonchev–Trinajstić information content (AvgIpc) is 2.60. The number of rotatable bonds is 6. The van der Waals surface area contributed by atoms with E-state index in [2.05, 4.69) is 5.32 Å². The molecule has 2 aromatic rings. The van der Waals surface area contributed by atoms with Crippen LogP contribution in [0.4, 0.5) is 0 Å². The lowest BCUT2D eigenvalue weighted by molar-refractivity contribution is 0.0827. The van der Waals surface area contributed by atoms with Gasteiger partial charge in [-0.2, -0.15) is 0 Å². The van der Waals surface area contributed by atoms with Crippen LogP contribution in [0.3, 0.4) is 0 Å². The summed E-state index contributed by atoms with van der Waals surface area (Å²) < 4.78 is 5.63. The molecule has 0 bridgehead atoms. The van der Waals surface area contributed by atoms with E-state index in [4.69, 9.17) is 4.74 Å². The van der Waals surface area contributed by atoms with Gasteiger partial charge in [0.05, 0.1) is 6.61 Å². The Morgan fingerprint density at radius 1 is 1.08 bits per heavy atom. The molecule has 5 heteroatoms. The van der Waals surface area contributed by atoms with Gasteiger partial charge in [-0.3, -0.25) is 9.59 Å². The lowest BCUT2D eigenvalue weighted by atomic mass is 10.1. The normalized spacial score (nSPS) is 10.2. The Balaban J connectivity index is 2.11. The summed E-state index contributed by atoms with van der Waals surface area (Å²) in [6.07, 6.45) is 0. The van der Waals surface area contributed by atoms with Crippen molar-refractivity contribution in [2.45, 2.75) is 20.4 Å². The summed E-state index contributed by atoms with van der Waals surface area (Å²) in [4.78, 5) is 25.9. The van der Waals surface area contributed by atoms with Crippen molar-refractivity contribution < 1.29 is 14.3 Å². The number of ether oxygens (including phenoxy) is 1. The third kappa shape index (κ3) is 4.83. The highest BCUT2D eigenvalue weighted by atomic mass is 16.5. The first-order chi connectivity index (χ1) is 11.9. The van der Waals surface area contributed by atoms with E-state index >= 15 is 0 Å². The smallest absolute Gasteiger partial charge is 0.253 e. The maximum Gasteiger partial charge on any atom is 0.253 e. The molecule has 0 atom stereocenters. The third-order valence-corrected chi connectivity index (χ3v) is 3.74. The van der Waals surface area contributed by atoms with Crippen LogP contribution in [-0.4, -0.2) is 37.4 Å². The highest BCUT2D eigenvalue weighted by Crippen LogP contribution is 2.20. The van der Waals surface area contributed by atoms with Crippen molar-refractivity contribution in [2.24, 2.45) is 0 Å². The van der Waals surface area contributed by atoms with E-state index in [1.807, 2.05) is 32.0 Å². The monoisotopic (exact) mass is 340 g/mol. The molecule has 0 aliphatic carbocycles. The fourth-order valence-electron chi connectivity index (χ4n) is 2.43. The molecular weight excluding hydrogens is 316 g/mol. The molecule has 5 nitrogen and oxygen atoms in total. The van der Waals surface area contributed by atoms with Crippen molar-refractivity contribution in [3.63, 3.8) is 0 Å². The van der Waals surface area contributed by atoms with Crippen LogP contribution in [0, 0.1) is 6.92 Å². The minimum atomic E-state index is -0.226. The topological polar surface area (TPSA) is 58.6 Å². The number of nitrogens with zero attached hydrogens (tertiary/aromatic N) is 1. The summed E-state index contributed by atoms with van der Waals surface area (Å²) in [7, 11) is 3.36. The Hall–Kier alpha value is -2.82. The van der Waals surface area contributed by atoms with Gasteiger partial charge in [-0.15, -0.1) is 0 Å². The molecule has 0 heterocycles. The number of hydrogen-bond donors (Lipinski definition) is 1. The van der Waals surface area contributed by atoms with Crippen molar-refractivity contribution >= 4 is 11.8 Å². The van der Waals surface area contributed by atoms with Crippen molar-refractivity contribution in [2.75, 3.05) is 20.7 Å². The van der Waals surface area contributed by atoms with Crippen molar-refractivity contribution in [1.82, 2.24) is 10.2 Å². The predicted molar refractivity (Wildman–Crippen MR) is 98.0 cm³/mol. The highest BCUT2D eigenvalue weighted by Gasteiger charge is 2.12. The Kier molecular flexibility index (Phi) is 6.17. The molecule has 1 N–H and O–H groups in total. The second-order valence-corrected chi connectivity index (χ2v) is 6.01. The summed E-state index contributed by atoms with van der Waals surface area (Å²) in [6.45, 7) is 4.86. The lowest BCUT2D eigenvalue weighted by Crippen LogP contribution is -2.25. The summed E-state index contributed by atoms with van der Waals surface area (Å²) in [5.74, 6) is 0.419. The average molecular weight is 340 g/mol. The van der Waals surface area contributed by atoms with Crippen LogP contribution in [-0.2, 0) is 6.54 Å². The first-order valence-corrected chi connectivity index (χ1v) is 8.24. The fourth-order valence-corrected chi connectivity index (χ4v) is 2.43. The molecule has 2 amide bonds. The van der Waals surface area contributed by atoms with Gasteiger partial charge in [0.1, 0.15) is 5.75 Å². The van der Waals surface area contributed by atoms with Crippen LogP contribution < -0.4 is 10.1 Å².